The first kappa shape index (κ1) is 11.9. The van der Waals surface area contributed by atoms with Crippen molar-refractivity contribution in [1.29, 1.82) is 0 Å². The summed E-state index contributed by atoms with van der Waals surface area (Å²) >= 11 is 5.91. The monoisotopic (exact) mass is 244 g/mol. The number of hydrogen-bond acceptors (Lipinski definition) is 4. The number of rotatable bonds is 2. The van der Waals surface area contributed by atoms with Crippen LogP contribution in [-0.2, 0) is 4.74 Å². The Labute approximate surface area is 100 Å². The molecule has 5 heteroatoms. The van der Waals surface area contributed by atoms with Gasteiger partial charge in [-0.1, -0.05) is 12.1 Å². The first-order valence-corrected chi connectivity index (χ1v) is 6.07. The van der Waals surface area contributed by atoms with Crippen molar-refractivity contribution in [2.45, 2.75) is 51.2 Å². The molecule has 0 N–H and O–H groups in total. The molecular formula is C11H17ClN2O2. The summed E-state index contributed by atoms with van der Waals surface area (Å²) in [7, 11) is 0. The smallest absolute Gasteiger partial charge is 0.232 e. The molecule has 5 unspecified atom stereocenters. The molecule has 1 aliphatic rings. The van der Waals surface area contributed by atoms with Gasteiger partial charge in [0, 0.05) is 0 Å². The van der Waals surface area contributed by atoms with Gasteiger partial charge in [0.1, 0.15) is 0 Å². The second-order valence-electron chi connectivity index (χ2n) is 4.54. The highest BCUT2D eigenvalue weighted by Crippen LogP contribution is 2.39. The third kappa shape index (κ3) is 1.96. The van der Waals surface area contributed by atoms with Crippen LogP contribution in [0.1, 0.15) is 50.7 Å². The van der Waals surface area contributed by atoms with Crippen LogP contribution >= 0.6 is 11.6 Å². The summed E-state index contributed by atoms with van der Waals surface area (Å²) in [6.45, 7) is 8.09. The van der Waals surface area contributed by atoms with Crippen LogP contribution < -0.4 is 0 Å². The van der Waals surface area contributed by atoms with Gasteiger partial charge in [-0.3, -0.25) is 0 Å². The van der Waals surface area contributed by atoms with E-state index in [9.17, 15) is 0 Å². The second-order valence-corrected chi connectivity index (χ2v) is 5.19. The fourth-order valence-corrected chi connectivity index (χ4v) is 2.33. The lowest BCUT2D eigenvalue weighted by molar-refractivity contribution is 0.0542. The van der Waals surface area contributed by atoms with E-state index in [0.29, 0.717) is 17.6 Å². The molecule has 0 saturated carbocycles. The third-order valence-corrected chi connectivity index (χ3v) is 3.54. The quantitative estimate of drug-likeness (QED) is 0.751. The molecule has 0 radical (unpaired) electrons. The van der Waals surface area contributed by atoms with E-state index in [0.717, 1.165) is 0 Å². The molecule has 16 heavy (non-hydrogen) atoms. The fraction of sp³-hybridized carbons (Fsp3) is 0.818. The van der Waals surface area contributed by atoms with Crippen LogP contribution in [0.2, 0.25) is 0 Å². The summed E-state index contributed by atoms with van der Waals surface area (Å²) in [4.78, 5) is 4.34. The Bertz CT molecular complexity index is 367. The maximum absolute atomic E-state index is 5.91. The van der Waals surface area contributed by atoms with E-state index in [1.165, 1.54) is 0 Å². The van der Waals surface area contributed by atoms with Gasteiger partial charge in [0.25, 0.3) is 0 Å². The highest BCUT2D eigenvalue weighted by molar-refractivity contribution is 6.20. The van der Waals surface area contributed by atoms with Gasteiger partial charge in [0.2, 0.25) is 5.89 Å². The lowest BCUT2D eigenvalue weighted by atomic mass is 9.89. The molecule has 5 atom stereocenters. The third-order valence-electron chi connectivity index (χ3n) is 3.34. The fourth-order valence-electron chi connectivity index (χ4n) is 2.24. The second kappa shape index (κ2) is 4.34. The van der Waals surface area contributed by atoms with Gasteiger partial charge in [0.05, 0.1) is 23.5 Å². The average molecular weight is 245 g/mol. The summed E-state index contributed by atoms with van der Waals surface area (Å²) in [5.74, 6) is 1.75. The zero-order chi connectivity index (χ0) is 11.9. The molecule has 1 aliphatic heterocycles. The topological polar surface area (TPSA) is 48.2 Å². The first-order valence-electron chi connectivity index (χ1n) is 5.63. The maximum Gasteiger partial charge on any atom is 0.232 e. The molecule has 90 valence electrons. The molecule has 1 aromatic rings. The highest BCUT2D eigenvalue weighted by atomic mass is 35.5. The Balaban J connectivity index is 2.23. The highest BCUT2D eigenvalue weighted by Gasteiger charge is 2.41. The summed E-state index contributed by atoms with van der Waals surface area (Å²) in [5, 5.41) is 3.66. The molecule has 4 nitrogen and oxygen atoms in total. The molecule has 2 heterocycles. The van der Waals surface area contributed by atoms with E-state index in [2.05, 4.69) is 24.0 Å². The van der Waals surface area contributed by atoms with Crippen LogP contribution in [0.5, 0.6) is 0 Å². The number of aromatic nitrogens is 2. The molecule has 2 rings (SSSR count). The van der Waals surface area contributed by atoms with Crippen molar-refractivity contribution < 1.29 is 9.26 Å². The molecule has 1 saturated heterocycles. The molecule has 1 fully saturated rings. The van der Waals surface area contributed by atoms with E-state index in [1.807, 2.05) is 13.8 Å². The minimum Gasteiger partial charge on any atom is -0.374 e. The minimum absolute atomic E-state index is 0.115. The zero-order valence-electron chi connectivity index (χ0n) is 9.98. The molecule has 1 aromatic heterocycles. The summed E-state index contributed by atoms with van der Waals surface area (Å²) in [6.07, 6.45) is 0.340. The van der Waals surface area contributed by atoms with E-state index >= 15 is 0 Å². The molecule has 0 aromatic carbocycles. The molecular weight excluding hydrogens is 228 g/mol. The number of nitrogens with zero attached hydrogens (tertiary/aromatic N) is 2. The average Bonchev–Trinajstić information content (AvgIpc) is 2.74. The number of halogens is 1. The number of ether oxygens (including phenoxy) is 1. The van der Waals surface area contributed by atoms with Gasteiger partial charge in [-0.15, -0.1) is 11.6 Å². The van der Waals surface area contributed by atoms with Crippen molar-refractivity contribution in [2.75, 3.05) is 0 Å². The Morgan fingerprint density at radius 1 is 1.25 bits per heavy atom. The largest absolute Gasteiger partial charge is 0.374 e. The zero-order valence-corrected chi connectivity index (χ0v) is 10.7. The summed E-state index contributed by atoms with van der Waals surface area (Å²) in [6, 6.07) is 0. The van der Waals surface area contributed by atoms with Crippen molar-refractivity contribution in [3.8, 4) is 0 Å². The number of alkyl halides is 1. The lowest BCUT2D eigenvalue weighted by Crippen LogP contribution is -2.15. The van der Waals surface area contributed by atoms with Crippen LogP contribution in [0.15, 0.2) is 4.52 Å². The van der Waals surface area contributed by atoms with Crippen molar-refractivity contribution in [3.05, 3.63) is 11.7 Å². The van der Waals surface area contributed by atoms with Gasteiger partial charge < -0.3 is 9.26 Å². The first-order chi connectivity index (χ1) is 7.50. The lowest BCUT2D eigenvalue weighted by Gasteiger charge is -2.12. The van der Waals surface area contributed by atoms with Gasteiger partial charge in [0.15, 0.2) is 5.82 Å². The Kier molecular flexibility index (Phi) is 3.22. The van der Waals surface area contributed by atoms with Crippen LogP contribution in [0, 0.1) is 5.92 Å². The standard InChI is InChI=1S/C11H17ClN2O2/c1-5-7(3)15-8(4)9(5)11-13-10(6(2)12)14-16-11/h5-9H,1-4H3. The van der Waals surface area contributed by atoms with Crippen molar-refractivity contribution in [1.82, 2.24) is 10.1 Å². The van der Waals surface area contributed by atoms with Gasteiger partial charge in [-0.05, 0) is 26.7 Å². The molecule has 0 amide bonds. The Morgan fingerprint density at radius 3 is 2.38 bits per heavy atom. The normalized spacial score (nSPS) is 36.6. The van der Waals surface area contributed by atoms with Gasteiger partial charge in [-0.2, -0.15) is 4.98 Å². The van der Waals surface area contributed by atoms with Crippen molar-refractivity contribution in [3.63, 3.8) is 0 Å². The van der Waals surface area contributed by atoms with Gasteiger partial charge >= 0.3 is 0 Å². The van der Waals surface area contributed by atoms with Crippen LogP contribution in [0.3, 0.4) is 0 Å². The van der Waals surface area contributed by atoms with Gasteiger partial charge in [-0.25, -0.2) is 0 Å². The van der Waals surface area contributed by atoms with Crippen LogP contribution in [-0.4, -0.2) is 22.3 Å². The van der Waals surface area contributed by atoms with E-state index in [4.69, 9.17) is 20.9 Å². The molecule has 0 aliphatic carbocycles. The summed E-state index contributed by atoms with van der Waals surface area (Å²) < 4.78 is 11.0. The summed E-state index contributed by atoms with van der Waals surface area (Å²) in [5.41, 5.74) is 0. The maximum atomic E-state index is 5.91. The predicted octanol–water partition coefficient (Wildman–Crippen LogP) is 2.90. The van der Waals surface area contributed by atoms with E-state index in [-0.39, 0.29) is 23.5 Å². The van der Waals surface area contributed by atoms with E-state index in [1.54, 1.807) is 0 Å². The van der Waals surface area contributed by atoms with Crippen LogP contribution in [0.25, 0.3) is 0 Å². The Hall–Kier alpha value is -0.610. The molecule has 0 bridgehead atoms. The van der Waals surface area contributed by atoms with E-state index < -0.39 is 0 Å². The minimum atomic E-state index is -0.220. The van der Waals surface area contributed by atoms with Crippen LogP contribution in [0.4, 0.5) is 0 Å². The predicted molar refractivity (Wildman–Crippen MR) is 60.5 cm³/mol. The van der Waals surface area contributed by atoms with Crippen molar-refractivity contribution in [2.24, 2.45) is 5.92 Å². The Morgan fingerprint density at radius 2 is 1.94 bits per heavy atom. The number of hydrogen-bond donors (Lipinski definition) is 0. The SMILES string of the molecule is CC(Cl)c1noc(C2C(C)OC(C)C2C)n1. The van der Waals surface area contributed by atoms with Crippen molar-refractivity contribution >= 4 is 11.6 Å². The molecule has 0 spiro atoms.